The number of imidazole rings is 1. The maximum Gasteiger partial charge on any atom is 0.191 e. The van der Waals surface area contributed by atoms with Gasteiger partial charge < -0.3 is 20.5 Å². The van der Waals surface area contributed by atoms with Gasteiger partial charge in [-0.2, -0.15) is 0 Å². The Balaban J connectivity index is 1.33. The van der Waals surface area contributed by atoms with E-state index in [4.69, 9.17) is 4.99 Å². The number of H-pyrrole nitrogens is 1. The molecule has 0 amide bonds. The zero-order valence-corrected chi connectivity index (χ0v) is 17.6. The summed E-state index contributed by atoms with van der Waals surface area (Å²) in [6.45, 7) is 5.62. The van der Waals surface area contributed by atoms with Gasteiger partial charge >= 0.3 is 0 Å². The summed E-state index contributed by atoms with van der Waals surface area (Å²) in [5.74, 6) is 1.73. The van der Waals surface area contributed by atoms with E-state index in [-0.39, 0.29) is 0 Å². The molecule has 0 bridgehead atoms. The molecular weight excluding hydrogens is 380 g/mol. The second-order valence-electron chi connectivity index (χ2n) is 7.16. The Morgan fingerprint density at radius 1 is 1.21 bits per heavy atom. The summed E-state index contributed by atoms with van der Waals surface area (Å²) in [5.41, 5.74) is 2.16. The van der Waals surface area contributed by atoms with Crippen LogP contribution < -0.4 is 15.5 Å². The van der Waals surface area contributed by atoms with Gasteiger partial charge in [-0.1, -0.05) is 30.3 Å². The topological polar surface area (TPSA) is 68.3 Å². The molecule has 3 N–H and O–H groups in total. The van der Waals surface area contributed by atoms with Gasteiger partial charge in [-0.3, -0.25) is 0 Å². The fraction of sp³-hybridized carbons (Fsp3) is 0.364. The van der Waals surface area contributed by atoms with E-state index in [1.807, 2.05) is 35.7 Å². The SMILES string of the molecule is CCNC(=NCc1ncc(-c2ccccc2)[nH]1)NC1CCN(c2cccs2)CC1. The summed E-state index contributed by atoms with van der Waals surface area (Å²) < 4.78 is 0. The molecule has 0 saturated carbocycles. The number of rotatable bonds is 6. The van der Waals surface area contributed by atoms with Crippen molar-refractivity contribution in [3.8, 4) is 11.3 Å². The number of anilines is 1. The molecule has 1 aromatic carbocycles. The molecule has 1 aliphatic heterocycles. The molecule has 0 aliphatic carbocycles. The van der Waals surface area contributed by atoms with Gasteiger partial charge in [-0.05, 0) is 42.8 Å². The fourth-order valence-electron chi connectivity index (χ4n) is 3.57. The molecule has 1 fully saturated rings. The van der Waals surface area contributed by atoms with Gasteiger partial charge in [0.05, 0.1) is 16.9 Å². The van der Waals surface area contributed by atoms with Crippen molar-refractivity contribution in [2.75, 3.05) is 24.5 Å². The number of aliphatic imine (C=N–C) groups is 1. The first kappa shape index (κ1) is 19.5. The predicted molar refractivity (Wildman–Crippen MR) is 122 cm³/mol. The van der Waals surface area contributed by atoms with Gasteiger partial charge in [0.2, 0.25) is 0 Å². The van der Waals surface area contributed by atoms with Crippen molar-refractivity contribution in [2.45, 2.75) is 32.4 Å². The zero-order valence-electron chi connectivity index (χ0n) is 16.8. The molecule has 2 aromatic heterocycles. The molecule has 4 rings (SSSR count). The number of guanidine groups is 1. The first-order chi connectivity index (χ1) is 14.3. The number of nitrogens with one attached hydrogen (secondary N) is 3. The summed E-state index contributed by atoms with van der Waals surface area (Å²) in [5, 5.41) is 10.5. The standard InChI is InChI=1S/C22H28N6S/c1-2-23-22(26-18-10-12-28(13-11-18)21-9-6-14-29-21)25-16-20-24-15-19(27-20)17-7-4-3-5-8-17/h3-9,14-15,18H,2,10-13,16H2,1H3,(H,24,27)(H2,23,25,26). The van der Waals surface area contributed by atoms with E-state index >= 15 is 0 Å². The Hall–Kier alpha value is -2.80. The van der Waals surface area contributed by atoms with Crippen LogP contribution in [-0.4, -0.2) is 41.6 Å². The monoisotopic (exact) mass is 408 g/mol. The van der Waals surface area contributed by atoms with Crippen LogP contribution in [0.5, 0.6) is 0 Å². The molecule has 0 unspecified atom stereocenters. The minimum atomic E-state index is 0.445. The third-order valence-electron chi connectivity index (χ3n) is 5.10. The van der Waals surface area contributed by atoms with Gasteiger partial charge in [0, 0.05) is 25.7 Å². The van der Waals surface area contributed by atoms with Crippen LogP contribution in [0.4, 0.5) is 5.00 Å². The summed E-state index contributed by atoms with van der Waals surface area (Å²) in [4.78, 5) is 15.1. The lowest BCUT2D eigenvalue weighted by Crippen LogP contribution is -2.48. The number of aromatic nitrogens is 2. The van der Waals surface area contributed by atoms with E-state index in [9.17, 15) is 0 Å². The van der Waals surface area contributed by atoms with Crippen LogP contribution in [0.2, 0.25) is 0 Å². The summed E-state index contributed by atoms with van der Waals surface area (Å²) in [6.07, 6.45) is 4.10. The summed E-state index contributed by atoms with van der Waals surface area (Å²) in [7, 11) is 0. The number of nitrogens with zero attached hydrogens (tertiary/aromatic N) is 3. The van der Waals surface area contributed by atoms with Crippen LogP contribution in [0.25, 0.3) is 11.3 Å². The van der Waals surface area contributed by atoms with E-state index in [1.165, 1.54) is 5.00 Å². The largest absolute Gasteiger partial charge is 0.363 e. The Kier molecular flexibility index (Phi) is 6.46. The molecule has 1 saturated heterocycles. The highest BCUT2D eigenvalue weighted by atomic mass is 32.1. The molecular formula is C22H28N6S. The zero-order chi connectivity index (χ0) is 19.9. The quantitative estimate of drug-likeness (QED) is 0.428. The minimum absolute atomic E-state index is 0.445. The van der Waals surface area contributed by atoms with Crippen LogP contribution in [0.1, 0.15) is 25.6 Å². The van der Waals surface area contributed by atoms with Crippen molar-refractivity contribution in [1.29, 1.82) is 0 Å². The van der Waals surface area contributed by atoms with E-state index in [1.54, 1.807) is 0 Å². The number of hydrogen-bond acceptors (Lipinski definition) is 4. The highest BCUT2D eigenvalue weighted by Crippen LogP contribution is 2.24. The lowest BCUT2D eigenvalue weighted by molar-refractivity contribution is 0.462. The Morgan fingerprint density at radius 2 is 2.03 bits per heavy atom. The van der Waals surface area contributed by atoms with Crippen LogP contribution in [0.15, 0.2) is 59.0 Å². The van der Waals surface area contributed by atoms with E-state index in [0.717, 1.165) is 55.5 Å². The maximum absolute atomic E-state index is 4.74. The molecule has 0 spiro atoms. The number of aromatic amines is 1. The lowest BCUT2D eigenvalue weighted by atomic mass is 10.1. The van der Waals surface area contributed by atoms with Crippen molar-refractivity contribution >= 4 is 22.3 Å². The second kappa shape index (κ2) is 9.60. The van der Waals surface area contributed by atoms with Crippen LogP contribution in [0.3, 0.4) is 0 Å². The summed E-state index contributed by atoms with van der Waals surface area (Å²) in [6, 6.07) is 15.0. The molecule has 1 aliphatic rings. The van der Waals surface area contributed by atoms with Gasteiger partial charge in [-0.15, -0.1) is 11.3 Å². The number of benzene rings is 1. The molecule has 3 heterocycles. The van der Waals surface area contributed by atoms with Crippen LogP contribution in [0, 0.1) is 0 Å². The third kappa shape index (κ3) is 5.17. The number of hydrogen-bond donors (Lipinski definition) is 3. The van der Waals surface area contributed by atoms with Gasteiger partial charge in [-0.25, -0.2) is 9.98 Å². The molecule has 0 radical (unpaired) electrons. The van der Waals surface area contributed by atoms with E-state index in [0.29, 0.717) is 12.6 Å². The Bertz CT molecular complexity index is 895. The Labute approximate surface area is 176 Å². The van der Waals surface area contributed by atoms with E-state index in [2.05, 4.69) is 62.1 Å². The maximum atomic E-state index is 4.74. The minimum Gasteiger partial charge on any atom is -0.363 e. The van der Waals surface area contributed by atoms with Crippen molar-refractivity contribution in [3.05, 3.63) is 59.9 Å². The number of piperidine rings is 1. The van der Waals surface area contributed by atoms with Crippen LogP contribution in [-0.2, 0) is 6.54 Å². The van der Waals surface area contributed by atoms with Crippen molar-refractivity contribution in [3.63, 3.8) is 0 Å². The molecule has 6 nitrogen and oxygen atoms in total. The van der Waals surface area contributed by atoms with Gasteiger partial charge in [0.15, 0.2) is 5.96 Å². The lowest BCUT2D eigenvalue weighted by Gasteiger charge is -2.33. The smallest absolute Gasteiger partial charge is 0.191 e. The average molecular weight is 409 g/mol. The molecule has 3 aromatic rings. The van der Waals surface area contributed by atoms with E-state index < -0.39 is 0 Å². The third-order valence-corrected chi connectivity index (χ3v) is 6.03. The first-order valence-electron chi connectivity index (χ1n) is 10.2. The van der Waals surface area contributed by atoms with Crippen molar-refractivity contribution in [1.82, 2.24) is 20.6 Å². The molecule has 0 atom stereocenters. The van der Waals surface area contributed by atoms with Gasteiger partial charge in [0.25, 0.3) is 0 Å². The predicted octanol–water partition coefficient (Wildman–Crippen LogP) is 3.86. The molecule has 152 valence electrons. The highest BCUT2D eigenvalue weighted by Gasteiger charge is 2.20. The van der Waals surface area contributed by atoms with Crippen molar-refractivity contribution in [2.24, 2.45) is 4.99 Å². The summed E-state index contributed by atoms with van der Waals surface area (Å²) >= 11 is 1.82. The van der Waals surface area contributed by atoms with Crippen molar-refractivity contribution < 1.29 is 0 Å². The Morgan fingerprint density at radius 3 is 2.76 bits per heavy atom. The highest BCUT2D eigenvalue weighted by molar-refractivity contribution is 7.14. The van der Waals surface area contributed by atoms with Crippen LogP contribution >= 0.6 is 11.3 Å². The molecule has 29 heavy (non-hydrogen) atoms. The second-order valence-corrected chi connectivity index (χ2v) is 8.09. The number of thiophene rings is 1. The fourth-order valence-corrected chi connectivity index (χ4v) is 4.35. The first-order valence-corrected chi connectivity index (χ1v) is 11.1. The normalized spacial score (nSPS) is 15.5. The van der Waals surface area contributed by atoms with Gasteiger partial charge in [0.1, 0.15) is 12.4 Å². The average Bonchev–Trinajstić information content (AvgIpc) is 3.46. The molecule has 7 heteroatoms.